The van der Waals surface area contributed by atoms with Gasteiger partial charge in [0.15, 0.2) is 0 Å². The van der Waals surface area contributed by atoms with Crippen LogP contribution in [0.5, 0.6) is 0 Å². The molecule has 1 atom stereocenters. The maximum atomic E-state index is 9.38. The molecule has 0 aliphatic carbocycles. The summed E-state index contributed by atoms with van der Waals surface area (Å²) >= 11 is 0. The van der Waals surface area contributed by atoms with Crippen LogP contribution in [-0.2, 0) is 10.8 Å². The van der Waals surface area contributed by atoms with Gasteiger partial charge in [0.05, 0.1) is 7.39 Å². The Balaban J connectivity index is 1.50. The van der Waals surface area contributed by atoms with E-state index in [1.165, 1.54) is 28.2 Å². The van der Waals surface area contributed by atoms with Gasteiger partial charge in [-0.1, -0.05) is 101 Å². The van der Waals surface area contributed by atoms with Crippen LogP contribution in [0.1, 0.15) is 54.0 Å². The normalized spacial score (nSPS) is 24.9. The highest BCUT2D eigenvalue weighted by Crippen LogP contribution is 2.47. The van der Waals surface area contributed by atoms with Crippen LogP contribution in [0.15, 0.2) is 96.8 Å². The van der Waals surface area contributed by atoms with Crippen molar-refractivity contribution in [3.8, 4) is 0 Å². The molecule has 2 aliphatic rings. The SMILES string of the molecule is [2H]C1(/C=C/C=C/C=C/C=C2/N(CC)c3ccccc3C2(C)C)N(CC)c2ccccc2C1(C)C. The minimum Gasteiger partial charge on any atom is -0.364 e. The fraction of sp³-hybridized carbons (Fsp3) is 0.355. The Morgan fingerprint density at radius 2 is 1.39 bits per heavy atom. The zero-order chi connectivity index (χ0) is 24.6. The maximum absolute atomic E-state index is 9.38. The summed E-state index contributed by atoms with van der Waals surface area (Å²) in [6.07, 6.45) is 14.6. The molecule has 172 valence electrons. The molecule has 0 amide bonds. The molecule has 1 unspecified atom stereocenters. The van der Waals surface area contributed by atoms with Crippen molar-refractivity contribution in [2.45, 2.75) is 58.4 Å². The monoisotopic (exact) mass is 439 g/mol. The van der Waals surface area contributed by atoms with E-state index in [1.54, 1.807) is 0 Å². The van der Waals surface area contributed by atoms with E-state index < -0.39 is 6.02 Å². The van der Waals surface area contributed by atoms with Gasteiger partial charge in [-0.15, -0.1) is 0 Å². The van der Waals surface area contributed by atoms with Gasteiger partial charge in [-0.2, -0.15) is 0 Å². The summed E-state index contributed by atoms with van der Waals surface area (Å²) in [4.78, 5) is 4.61. The molecule has 2 aliphatic heterocycles. The fourth-order valence-corrected chi connectivity index (χ4v) is 5.45. The van der Waals surface area contributed by atoms with Crippen LogP contribution in [-0.4, -0.2) is 19.1 Å². The fourth-order valence-electron chi connectivity index (χ4n) is 5.45. The maximum Gasteiger partial charge on any atom is 0.0584 e. The van der Waals surface area contributed by atoms with Crippen LogP contribution >= 0.6 is 0 Å². The molecular formula is C31H38N2. The lowest BCUT2D eigenvalue weighted by molar-refractivity contribution is 0.478. The van der Waals surface area contributed by atoms with Crippen LogP contribution in [0.3, 0.4) is 0 Å². The Morgan fingerprint density at radius 3 is 2.09 bits per heavy atom. The lowest BCUT2D eigenvalue weighted by Crippen LogP contribution is -2.39. The second kappa shape index (κ2) is 9.09. The van der Waals surface area contributed by atoms with E-state index in [1.807, 2.05) is 24.3 Å². The molecule has 0 saturated heterocycles. The van der Waals surface area contributed by atoms with Gasteiger partial charge in [0.2, 0.25) is 0 Å². The number of para-hydroxylation sites is 2. The standard InChI is InChI=1S/C31H38N2/c1-7-32-26-20-16-14-18-24(26)30(3,4)28(32)22-12-10-9-11-13-23-29-31(5,6)25-19-15-17-21-27(25)33(29)8-2/h9-23,28H,7-8H2,1-6H3/b10-9+,13-11+,22-12+,29-23+/i28D. The molecule has 33 heavy (non-hydrogen) atoms. The van der Waals surface area contributed by atoms with E-state index in [9.17, 15) is 1.37 Å². The van der Waals surface area contributed by atoms with Gasteiger partial charge in [0, 0.05) is 41.0 Å². The predicted molar refractivity (Wildman–Crippen MR) is 144 cm³/mol. The Bertz CT molecular complexity index is 1170. The highest BCUT2D eigenvalue weighted by Gasteiger charge is 2.42. The number of hydrogen-bond donors (Lipinski definition) is 0. The molecule has 0 fully saturated rings. The first kappa shape index (κ1) is 21.8. The minimum absolute atomic E-state index is 0.00909. The van der Waals surface area contributed by atoms with E-state index in [0.717, 1.165) is 13.1 Å². The minimum atomic E-state index is -0.817. The smallest absolute Gasteiger partial charge is 0.0584 e. The van der Waals surface area contributed by atoms with Gasteiger partial charge in [0.25, 0.3) is 0 Å². The largest absolute Gasteiger partial charge is 0.364 e. The average molecular weight is 440 g/mol. The summed E-state index contributed by atoms with van der Waals surface area (Å²) in [5, 5.41) is 0. The summed E-state index contributed by atoms with van der Waals surface area (Å²) in [6.45, 7) is 15.0. The molecule has 2 aromatic rings. The molecule has 2 nitrogen and oxygen atoms in total. The Kier molecular flexibility index (Phi) is 6.01. The molecular weight excluding hydrogens is 400 g/mol. The summed E-state index contributed by atoms with van der Waals surface area (Å²) in [6, 6.07) is 16.3. The van der Waals surface area contributed by atoms with Crippen LogP contribution < -0.4 is 9.80 Å². The molecule has 0 spiro atoms. The van der Waals surface area contributed by atoms with E-state index in [4.69, 9.17) is 0 Å². The third-order valence-electron chi connectivity index (χ3n) is 7.18. The van der Waals surface area contributed by atoms with Crippen LogP contribution in [0.25, 0.3) is 0 Å². The summed E-state index contributed by atoms with van der Waals surface area (Å²) in [7, 11) is 0. The lowest BCUT2D eigenvalue weighted by atomic mass is 9.80. The van der Waals surface area contributed by atoms with E-state index in [-0.39, 0.29) is 10.8 Å². The zero-order valence-electron chi connectivity index (χ0n) is 22.0. The highest BCUT2D eigenvalue weighted by atomic mass is 15.2. The van der Waals surface area contributed by atoms with Crippen molar-refractivity contribution < 1.29 is 1.37 Å². The number of fused-ring (bicyclic) bond motifs is 2. The predicted octanol–water partition coefficient (Wildman–Crippen LogP) is 7.54. The quantitative estimate of drug-likeness (QED) is 0.429. The molecule has 4 rings (SSSR count). The van der Waals surface area contributed by atoms with Crippen LogP contribution in [0.2, 0.25) is 0 Å². The van der Waals surface area contributed by atoms with E-state index >= 15 is 0 Å². The van der Waals surface area contributed by atoms with Crippen molar-refractivity contribution in [1.29, 1.82) is 0 Å². The number of benzene rings is 2. The van der Waals surface area contributed by atoms with Crippen molar-refractivity contribution in [2.24, 2.45) is 0 Å². The van der Waals surface area contributed by atoms with Gasteiger partial charge in [-0.25, -0.2) is 0 Å². The highest BCUT2D eigenvalue weighted by molar-refractivity contribution is 5.70. The number of nitrogens with zero attached hydrogens (tertiary/aromatic N) is 2. The first-order valence-corrected chi connectivity index (χ1v) is 12.2. The van der Waals surface area contributed by atoms with Gasteiger partial charge < -0.3 is 9.80 Å². The number of allylic oxidation sites excluding steroid dienone is 7. The summed E-state index contributed by atoms with van der Waals surface area (Å²) in [5.74, 6) is 0. The Labute approximate surface area is 202 Å². The Hall–Kier alpha value is -3.00. The first-order valence-electron chi connectivity index (χ1n) is 12.7. The van der Waals surface area contributed by atoms with E-state index in [2.05, 4.69) is 118 Å². The van der Waals surface area contributed by atoms with Crippen molar-refractivity contribution in [2.75, 3.05) is 22.9 Å². The van der Waals surface area contributed by atoms with Crippen molar-refractivity contribution in [1.82, 2.24) is 0 Å². The zero-order valence-corrected chi connectivity index (χ0v) is 21.0. The number of likely N-dealkylation sites (N-methyl/N-ethyl adjacent to an activating group) is 2. The topological polar surface area (TPSA) is 6.48 Å². The molecule has 0 saturated carbocycles. The van der Waals surface area contributed by atoms with Gasteiger partial charge in [-0.3, -0.25) is 0 Å². The molecule has 0 N–H and O–H groups in total. The third kappa shape index (κ3) is 3.97. The second-order valence-corrected chi connectivity index (χ2v) is 9.84. The van der Waals surface area contributed by atoms with Gasteiger partial charge in [-0.05, 0) is 43.2 Å². The van der Waals surface area contributed by atoms with Crippen LogP contribution in [0.4, 0.5) is 11.4 Å². The molecule has 2 heterocycles. The van der Waals surface area contributed by atoms with Crippen LogP contribution in [0, 0.1) is 0 Å². The molecule has 0 bridgehead atoms. The van der Waals surface area contributed by atoms with Crippen molar-refractivity contribution in [3.63, 3.8) is 0 Å². The molecule has 0 aromatic heterocycles. The molecule has 0 radical (unpaired) electrons. The number of anilines is 2. The second-order valence-electron chi connectivity index (χ2n) is 9.84. The van der Waals surface area contributed by atoms with Crippen molar-refractivity contribution in [3.05, 3.63) is 108 Å². The molecule has 2 heteroatoms. The Morgan fingerprint density at radius 1 is 0.788 bits per heavy atom. The average Bonchev–Trinajstić information content (AvgIpc) is 3.14. The van der Waals surface area contributed by atoms with Crippen molar-refractivity contribution >= 4 is 11.4 Å². The number of rotatable bonds is 6. The van der Waals surface area contributed by atoms with Gasteiger partial charge >= 0.3 is 0 Å². The van der Waals surface area contributed by atoms with Gasteiger partial charge in [0.1, 0.15) is 0 Å². The lowest BCUT2D eigenvalue weighted by Gasteiger charge is -2.31. The number of hydrogen-bond acceptors (Lipinski definition) is 2. The summed E-state index contributed by atoms with van der Waals surface area (Å²) in [5.41, 5.74) is 6.14. The first-order chi connectivity index (χ1) is 16.2. The third-order valence-corrected chi connectivity index (χ3v) is 7.18. The van der Waals surface area contributed by atoms with E-state index in [0.29, 0.717) is 0 Å². The molecule has 2 aromatic carbocycles. The summed E-state index contributed by atoms with van der Waals surface area (Å²) < 4.78 is 9.38.